The normalized spacial score (nSPS) is 21.6. The van der Waals surface area contributed by atoms with Gasteiger partial charge in [0.05, 0.1) is 0 Å². The van der Waals surface area contributed by atoms with Crippen LogP contribution >= 0.6 is 12.4 Å². The van der Waals surface area contributed by atoms with Crippen molar-refractivity contribution in [3.05, 3.63) is 34.9 Å². The molecular formula is C13H15ClF4N2O. The number of halogens is 5. The van der Waals surface area contributed by atoms with Crippen LogP contribution in [0, 0.1) is 23.3 Å². The molecule has 1 aliphatic heterocycles. The van der Waals surface area contributed by atoms with Crippen LogP contribution in [0.15, 0.2) is 6.07 Å². The van der Waals surface area contributed by atoms with E-state index in [2.05, 4.69) is 10.6 Å². The molecule has 1 aromatic rings. The Hall–Kier alpha value is -1.34. The molecule has 0 radical (unpaired) electrons. The standard InChI is InChI=1S/C13H14F4N2O.ClH/c1-6-9(3-2-4-18-6)19-13(20)10-11(16)7(14)5-8(15)12(10)17;/h5-6,9,18H,2-4H2,1H3,(H,19,20);1H. The largest absolute Gasteiger partial charge is 0.348 e. The van der Waals surface area contributed by atoms with Gasteiger partial charge in [0.15, 0.2) is 23.3 Å². The van der Waals surface area contributed by atoms with Gasteiger partial charge in [0, 0.05) is 18.2 Å². The predicted octanol–water partition coefficient (Wildman–Crippen LogP) is 2.54. The third kappa shape index (κ3) is 3.65. The minimum Gasteiger partial charge on any atom is -0.348 e. The second kappa shape index (κ2) is 7.09. The third-order valence-electron chi connectivity index (χ3n) is 3.42. The number of amides is 1. The number of carbonyl (C=O) groups excluding carboxylic acids is 1. The molecule has 21 heavy (non-hydrogen) atoms. The molecule has 1 aliphatic rings. The van der Waals surface area contributed by atoms with Crippen molar-refractivity contribution in [2.75, 3.05) is 6.54 Å². The van der Waals surface area contributed by atoms with Crippen LogP contribution in [0.3, 0.4) is 0 Å². The van der Waals surface area contributed by atoms with Crippen molar-refractivity contribution in [1.82, 2.24) is 10.6 Å². The summed E-state index contributed by atoms with van der Waals surface area (Å²) in [5, 5.41) is 5.50. The first-order valence-electron chi connectivity index (χ1n) is 6.29. The molecule has 1 amide bonds. The van der Waals surface area contributed by atoms with Crippen molar-refractivity contribution < 1.29 is 22.4 Å². The van der Waals surface area contributed by atoms with Crippen LogP contribution in [0.25, 0.3) is 0 Å². The molecule has 2 N–H and O–H groups in total. The molecular weight excluding hydrogens is 312 g/mol. The summed E-state index contributed by atoms with van der Waals surface area (Å²) in [5.41, 5.74) is -1.22. The molecule has 2 atom stereocenters. The highest BCUT2D eigenvalue weighted by molar-refractivity contribution is 5.95. The fraction of sp³-hybridized carbons (Fsp3) is 0.462. The van der Waals surface area contributed by atoms with Gasteiger partial charge in [-0.25, -0.2) is 17.6 Å². The third-order valence-corrected chi connectivity index (χ3v) is 3.42. The van der Waals surface area contributed by atoms with Gasteiger partial charge in [0.25, 0.3) is 5.91 Å². The summed E-state index contributed by atoms with van der Waals surface area (Å²) >= 11 is 0. The lowest BCUT2D eigenvalue weighted by Gasteiger charge is -2.30. The van der Waals surface area contributed by atoms with Crippen molar-refractivity contribution in [3.63, 3.8) is 0 Å². The maximum atomic E-state index is 13.5. The average Bonchev–Trinajstić information content (AvgIpc) is 2.39. The molecule has 2 rings (SSSR count). The van der Waals surface area contributed by atoms with E-state index in [9.17, 15) is 22.4 Å². The van der Waals surface area contributed by atoms with E-state index in [1.165, 1.54) is 0 Å². The Morgan fingerprint density at radius 3 is 2.33 bits per heavy atom. The topological polar surface area (TPSA) is 41.1 Å². The molecule has 0 spiro atoms. The molecule has 8 heteroatoms. The zero-order valence-electron chi connectivity index (χ0n) is 11.2. The van der Waals surface area contributed by atoms with Gasteiger partial charge >= 0.3 is 0 Å². The van der Waals surface area contributed by atoms with Gasteiger partial charge in [-0.1, -0.05) is 0 Å². The number of nitrogens with one attached hydrogen (secondary N) is 2. The van der Waals surface area contributed by atoms with E-state index in [-0.39, 0.29) is 30.6 Å². The zero-order valence-corrected chi connectivity index (χ0v) is 12.0. The fourth-order valence-corrected chi connectivity index (χ4v) is 2.25. The summed E-state index contributed by atoms with van der Waals surface area (Å²) in [6, 6.07) is -0.356. The van der Waals surface area contributed by atoms with E-state index in [1.54, 1.807) is 0 Å². The lowest BCUT2D eigenvalue weighted by atomic mass is 9.99. The van der Waals surface area contributed by atoms with Crippen LogP contribution in [0.1, 0.15) is 30.1 Å². The Balaban J connectivity index is 0.00000220. The number of carbonyl (C=O) groups is 1. The summed E-state index contributed by atoms with van der Waals surface area (Å²) in [6.45, 7) is 2.59. The van der Waals surface area contributed by atoms with Crippen LogP contribution < -0.4 is 10.6 Å². The van der Waals surface area contributed by atoms with Crippen LogP contribution in [-0.2, 0) is 0 Å². The highest BCUT2D eigenvalue weighted by Crippen LogP contribution is 2.20. The van der Waals surface area contributed by atoms with Crippen molar-refractivity contribution in [2.45, 2.75) is 31.8 Å². The lowest BCUT2D eigenvalue weighted by molar-refractivity contribution is 0.0908. The quantitative estimate of drug-likeness (QED) is 0.648. The number of hydrogen-bond donors (Lipinski definition) is 2. The van der Waals surface area contributed by atoms with Crippen LogP contribution in [0.5, 0.6) is 0 Å². The molecule has 118 valence electrons. The van der Waals surface area contributed by atoms with E-state index < -0.39 is 34.7 Å². The number of benzene rings is 1. The van der Waals surface area contributed by atoms with Gasteiger partial charge in [0.2, 0.25) is 0 Å². The Morgan fingerprint density at radius 1 is 1.24 bits per heavy atom. The predicted molar refractivity (Wildman–Crippen MR) is 71.5 cm³/mol. The van der Waals surface area contributed by atoms with E-state index in [0.717, 1.165) is 13.0 Å². The molecule has 1 fully saturated rings. The Bertz CT molecular complexity index is 515. The molecule has 1 saturated heterocycles. The lowest BCUT2D eigenvalue weighted by Crippen LogP contribution is -2.52. The first-order valence-corrected chi connectivity index (χ1v) is 6.29. The Morgan fingerprint density at radius 2 is 1.81 bits per heavy atom. The van der Waals surface area contributed by atoms with Crippen LogP contribution in [-0.4, -0.2) is 24.5 Å². The average molecular weight is 327 g/mol. The SMILES string of the molecule is CC1NCCCC1NC(=O)c1c(F)c(F)cc(F)c1F.Cl. The Labute approximate surface area is 125 Å². The van der Waals surface area contributed by atoms with Crippen molar-refractivity contribution in [2.24, 2.45) is 0 Å². The fourth-order valence-electron chi connectivity index (χ4n) is 2.25. The molecule has 0 bridgehead atoms. The van der Waals surface area contributed by atoms with Gasteiger partial charge in [-0.2, -0.15) is 0 Å². The van der Waals surface area contributed by atoms with Gasteiger partial charge in [0.1, 0.15) is 5.56 Å². The van der Waals surface area contributed by atoms with E-state index in [0.29, 0.717) is 6.42 Å². The number of piperidine rings is 1. The number of hydrogen-bond acceptors (Lipinski definition) is 2. The summed E-state index contributed by atoms with van der Waals surface area (Å²) in [6.07, 6.45) is 1.42. The molecule has 0 aromatic heterocycles. The summed E-state index contributed by atoms with van der Waals surface area (Å²) in [4.78, 5) is 11.9. The minimum atomic E-state index is -1.68. The smallest absolute Gasteiger partial charge is 0.257 e. The highest BCUT2D eigenvalue weighted by atomic mass is 35.5. The second-order valence-corrected chi connectivity index (χ2v) is 4.81. The minimum absolute atomic E-state index is 0. The van der Waals surface area contributed by atoms with Gasteiger partial charge < -0.3 is 10.6 Å². The van der Waals surface area contributed by atoms with Gasteiger partial charge in [-0.15, -0.1) is 12.4 Å². The first-order chi connectivity index (χ1) is 9.41. The number of rotatable bonds is 2. The van der Waals surface area contributed by atoms with Crippen molar-refractivity contribution >= 4 is 18.3 Å². The Kier molecular flexibility index (Phi) is 5.98. The maximum Gasteiger partial charge on any atom is 0.257 e. The first kappa shape index (κ1) is 17.7. The summed E-state index contributed by atoms with van der Waals surface area (Å²) < 4.78 is 53.1. The second-order valence-electron chi connectivity index (χ2n) is 4.81. The molecule has 3 nitrogen and oxygen atoms in total. The van der Waals surface area contributed by atoms with Crippen molar-refractivity contribution in [1.29, 1.82) is 0 Å². The zero-order chi connectivity index (χ0) is 14.9. The van der Waals surface area contributed by atoms with Crippen LogP contribution in [0.4, 0.5) is 17.6 Å². The van der Waals surface area contributed by atoms with E-state index in [4.69, 9.17) is 0 Å². The van der Waals surface area contributed by atoms with E-state index >= 15 is 0 Å². The molecule has 2 unspecified atom stereocenters. The molecule has 0 aliphatic carbocycles. The van der Waals surface area contributed by atoms with Gasteiger partial charge in [-0.3, -0.25) is 4.79 Å². The maximum absolute atomic E-state index is 13.5. The van der Waals surface area contributed by atoms with E-state index in [1.807, 2.05) is 6.92 Å². The summed E-state index contributed by atoms with van der Waals surface area (Å²) in [7, 11) is 0. The monoisotopic (exact) mass is 326 g/mol. The summed E-state index contributed by atoms with van der Waals surface area (Å²) in [5.74, 6) is -7.71. The van der Waals surface area contributed by atoms with Gasteiger partial charge in [-0.05, 0) is 26.3 Å². The molecule has 0 saturated carbocycles. The molecule has 1 aromatic carbocycles. The molecule has 1 heterocycles. The highest BCUT2D eigenvalue weighted by Gasteiger charge is 2.28. The van der Waals surface area contributed by atoms with Crippen LogP contribution in [0.2, 0.25) is 0 Å². The van der Waals surface area contributed by atoms with Crippen molar-refractivity contribution in [3.8, 4) is 0 Å².